The first-order valence-electron chi connectivity index (χ1n) is 8.36. The molecule has 1 aromatic heterocycles. The van der Waals surface area contributed by atoms with Crippen molar-refractivity contribution >= 4 is 21.8 Å². The number of carbonyl (C=O) groups excluding carboxylic acids is 1. The van der Waals surface area contributed by atoms with Gasteiger partial charge in [-0.3, -0.25) is 4.79 Å². The zero-order valence-corrected chi connectivity index (χ0v) is 15.7. The number of amides is 1. The Morgan fingerprint density at radius 3 is 2.58 bits per heavy atom. The van der Waals surface area contributed by atoms with Crippen molar-refractivity contribution < 1.29 is 4.79 Å². The summed E-state index contributed by atoms with van der Waals surface area (Å²) in [5.41, 5.74) is 9.49. The van der Waals surface area contributed by atoms with Gasteiger partial charge in [0.25, 0.3) is 5.91 Å². The number of aromatic nitrogens is 2. The second-order valence-corrected chi connectivity index (χ2v) is 7.12. The molecule has 128 valence electrons. The van der Waals surface area contributed by atoms with Gasteiger partial charge in [0.1, 0.15) is 0 Å². The van der Waals surface area contributed by atoms with Gasteiger partial charge in [-0.1, -0.05) is 0 Å². The topological polar surface area (TPSA) is 64.2 Å². The summed E-state index contributed by atoms with van der Waals surface area (Å²) < 4.78 is 2.90. The van der Waals surface area contributed by atoms with Gasteiger partial charge in [0.05, 0.1) is 21.5 Å². The van der Waals surface area contributed by atoms with Crippen molar-refractivity contribution in [3.8, 4) is 5.69 Å². The summed E-state index contributed by atoms with van der Waals surface area (Å²) >= 11 is 3.55. The van der Waals surface area contributed by atoms with E-state index >= 15 is 0 Å². The summed E-state index contributed by atoms with van der Waals surface area (Å²) in [6.45, 7) is 5.31. The third-order valence-electron chi connectivity index (χ3n) is 4.72. The maximum absolute atomic E-state index is 12.8. The van der Waals surface area contributed by atoms with E-state index in [4.69, 9.17) is 5.73 Å². The van der Waals surface area contributed by atoms with Crippen LogP contribution in [-0.4, -0.2) is 39.7 Å². The number of nitrogens with zero attached hydrogens (tertiary/aromatic N) is 3. The van der Waals surface area contributed by atoms with E-state index in [0.717, 1.165) is 47.4 Å². The van der Waals surface area contributed by atoms with E-state index in [1.54, 1.807) is 0 Å². The van der Waals surface area contributed by atoms with Gasteiger partial charge in [-0.2, -0.15) is 5.10 Å². The summed E-state index contributed by atoms with van der Waals surface area (Å²) in [4.78, 5) is 14.7. The Balaban J connectivity index is 1.83. The molecule has 3 rings (SSSR count). The number of piperidine rings is 1. The van der Waals surface area contributed by atoms with Gasteiger partial charge < -0.3 is 10.6 Å². The molecule has 1 aliphatic rings. The van der Waals surface area contributed by atoms with Crippen molar-refractivity contribution in [3.05, 3.63) is 45.7 Å². The van der Waals surface area contributed by atoms with Crippen molar-refractivity contribution in [1.82, 2.24) is 14.7 Å². The quantitative estimate of drug-likeness (QED) is 0.874. The molecule has 1 unspecified atom stereocenters. The van der Waals surface area contributed by atoms with Crippen LogP contribution in [0.4, 0.5) is 0 Å². The van der Waals surface area contributed by atoms with Gasteiger partial charge in [-0.25, -0.2) is 4.68 Å². The molecule has 0 radical (unpaired) electrons. The number of likely N-dealkylation sites (tertiary alicyclic amines) is 1. The van der Waals surface area contributed by atoms with E-state index in [0.29, 0.717) is 12.1 Å². The minimum atomic E-state index is 0.0752. The van der Waals surface area contributed by atoms with Crippen molar-refractivity contribution in [2.45, 2.75) is 39.2 Å². The fraction of sp³-hybridized carbons (Fsp3) is 0.444. The molecule has 1 amide bonds. The normalized spacial score (nSPS) is 18.0. The molecule has 0 saturated carbocycles. The van der Waals surface area contributed by atoms with Crippen LogP contribution in [0.15, 0.2) is 28.7 Å². The molecule has 5 nitrogen and oxygen atoms in total. The van der Waals surface area contributed by atoms with Crippen LogP contribution in [0.5, 0.6) is 0 Å². The van der Waals surface area contributed by atoms with Gasteiger partial charge in [0.15, 0.2) is 0 Å². The van der Waals surface area contributed by atoms with Crippen LogP contribution >= 0.6 is 15.9 Å². The Morgan fingerprint density at radius 2 is 2.00 bits per heavy atom. The Labute approximate surface area is 151 Å². The first-order chi connectivity index (χ1) is 11.5. The average Bonchev–Trinajstić information content (AvgIpc) is 2.88. The molecule has 0 bridgehead atoms. The van der Waals surface area contributed by atoms with Crippen LogP contribution in [0, 0.1) is 13.8 Å². The van der Waals surface area contributed by atoms with Crippen LogP contribution in [-0.2, 0) is 0 Å². The zero-order valence-electron chi connectivity index (χ0n) is 14.1. The van der Waals surface area contributed by atoms with Crippen molar-refractivity contribution in [3.63, 3.8) is 0 Å². The molecule has 1 saturated heterocycles. The molecule has 2 heterocycles. The number of rotatable bonds is 3. The predicted molar refractivity (Wildman–Crippen MR) is 98.5 cm³/mol. The summed E-state index contributed by atoms with van der Waals surface area (Å²) in [6, 6.07) is 7.81. The molecule has 1 aromatic carbocycles. The second-order valence-electron chi connectivity index (χ2n) is 6.33. The lowest BCUT2D eigenvalue weighted by Crippen LogP contribution is -2.47. The highest BCUT2D eigenvalue weighted by Crippen LogP contribution is 2.24. The highest BCUT2D eigenvalue weighted by molar-refractivity contribution is 9.10. The number of halogens is 1. The van der Waals surface area contributed by atoms with Gasteiger partial charge in [-0.05, 0) is 73.3 Å². The number of nitrogens with two attached hydrogens (primary N) is 1. The average molecular weight is 391 g/mol. The van der Waals surface area contributed by atoms with Crippen molar-refractivity contribution in [2.75, 3.05) is 13.1 Å². The first kappa shape index (κ1) is 17.2. The number of hydrogen-bond acceptors (Lipinski definition) is 3. The molecule has 1 atom stereocenters. The fourth-order valence-electron chi connectivity index (χ4n) is 3.30. The summed E-state index contributed by atoms with van der Waals surface area (Å²) in [5, 5.41) is 4.53. The van der Waals surface area contributed by atoms with E-state index in [1.807, 2.05) is 47.7 Å². The molecular formula is C18H23BrN4O. The summed E-state index contributed by atoms with van der Waals surface area (Å²) in [7, 11) is 0. The van der Waals surface area contributed by atoms with Crippen LogP contribution in [0.25, 0.3) is 5.69 Å². The number of hydrogen-bond donors (Lipinski definition) is 1. The third kappa shape index (κ3) is 3.13. The molecule has 6 heteroatoms. The fourth-order valence-corrected chi connectivity index (χ4v) is 3.55. The molecule has 2 aromatic rings. The smallest absolute Gasteiger partial charge is 0.254 e. The van der Waals surface area contributed by atoms with E-state index in [1.165, 1.54) is 0 Å². The molecular weight excluding hydrogens is 368 g/mol. The maximum Gasteiger partial charge on any atom is 0.254 e. The molecule has 2 N–H and O–H groups in total. The predicted octanol–water partition coefficient (Wildman–Crippen LogP) is 3.21. The largest absolute Gasteiger partial charge is 0.334 e. The second kappa shape index (κ2) is 7.07. The van der Waals surface area contributed by atoms with Crippen molar-refractivity contribution in [2.24, 2.45) is 5.73 Å². The van der Waals surface area contributed by atoms with E-state index < -0.39 is 0 Å². The Hall–Kier alpha value is -1.66. The Bertz CT molecular complexity index is 738. The third-order valence-corrected chi connectivity index (χ3v) is 5.87. The van der Waals surface area contributed by atoms with Gasteiger partial charge >= 0.3 is 0 Å². The minimum absolute atomic E-state index is 0.0752. The SMILES string of the molecule is Cc1nn(-c2ccc(C(=O)N3CCCCC3CN)cc2)c(C)c1Br. The molecule has 1 fully saturated rings. The number of carbonyl (C=O) groups is 1. The van der Waals surface area contributed by atoms with Crippen LogP contribution in [0.3, 0.4) is 0 Å². The molecule has 24 heavy (non-hydrogen) atoms. The molecule has 0 spiro atoms. The summed E-state index contributed by atoms with van der Waals surface area (Å²) in [5.74, 6) is 0.0752. The molecule has 0 aliphatic carbocycles. The first-order valence-corrected chi connectivity index (χ1v) is 9.15. The van der Waals surface area contributed by atoms with Crippen LogP contribution in [0.2, 0.25) is 0 Å². The lowest BCUT2D eigenvalue weighted by Gasteiger charge is -2.35. The summed E-state index contributed by atoms with van der Waals surface area (Å²) in [6.07, 6.45) is 3.21. The number of aryl methyl sites for hydroxylation is 1. The standard InChI is InChI=1S/C18H23BrN4O/c1-12-17(19)13(2)23(21-12)15-8-6-14(7-9-15)18(24)22-10-4-3-5-16(22)11-20/h6-9,16H,3-5,10-11,20H2,1-2H3. The van der Waals surface area contributed by atoms with E-state index in [9.17, 15) is 4.79 Å². The maximum atomic E-state index is 12.8. The lowest BCUT2D eigenvalue weighted by molar-refractivity contribution is 0.0623. The monoisotopic (exact) mass is 390 g/mol. The van der Waals surface area contributed by atoms with Crippen LogP contribution in [0.1, 0.15) is 41.0 Å². The van der Waals surface area contributed by atoms with Crippen LogP contribution < -0.4 is 5.73 Å². The van der Waals surface area contributed by atoms with E-state index in [-0.39, 0.29) is 11.9 Å². The molecule has 1 aliphatic heterocycles. The minimum Gasteiger partial charge on any atom is -0.334 e. The zero-order chi connectivity index (χ0) is 17.3. The number of benzene rings is 1. The van der Waals surface area contributed by atoms with Gasteiger partial charge in [0, 0.05) is 24.7 Å². The van der Waals surface area contributed by atoms with E-state index in [2.05, 4.69) is 21.0 Å². The van der Waals surface area contributed by atoms with Gasteiger partial charge in [0.2, 0.25) is 0 Å². The van der Waals surface area contributed by atoms with Gasteiger partial charge in [-0.15, -0.1) is 0 Å². The lowest BCUT2D eigenvalue weighted by atomic mass is 10.0. The highest BCUT2D eigenvalue weighted by Gasteiger charge is 2.26. The van der Waals surface area contributed by atoms with Crippen molar-refractivity contribution in [1.29, 1.82) is 0 Å². The highest BCUT2D eigenvalue weighted by atomic mass is 79.9. The Kier molecular flexibility index (Phi) is 5.06. The Morgan fingerprint density at radius 1 is 1.29 bits per heavy atom.